The number of anilines is 1. The topological polar surface area (TPSA) is 128 Å². The van der Waals surface area contributed by atoms with Crippen molar-refractivity contribution in [3.05, 3.63) is 69.2 Å². The number of hydrogen-bond acceptors (Lipinski definition) is 8. The van der Waals surface area contributed by atoms with Gasteiger partial charge in [-0.1, -0.05) is 29.8 Å². The lowest BCUT2D eigenvalue weighted by Crippen LogP contribution is -2.54. The molecule has 2 aromatic carbocycles. The smallest absolute Gasteiger partial charge is 0.418 e. The number of benzene rings is 2. The number of H-pyrrole nitrogens is 1. The summed E-state index contributed by atoms with van der Waals surface area (Å²) in [7, 11) is 1.35. The first-order chi connectivity index (χ1) is 25.0. The monoisotopic (exact) mass is 742 g/mol. The Morgan fingerprint density at radius 1 is 1.00 bits per heavy atom. The van der Waals surface area contributed by atoms with Gasteiger partial charge < -0.3 is 30.2 Å². The van der Waals surface area contributed by atoms with Crippen molar-refractivity contribution in [2.75, 3.05) is 64.7 Å². The number of hydrogen-bond donors (Lipinski definition) is 3. The number of alkyl halides is 3. The lowest BCUT2D eigenvalue weighted by molar-refractivity contribution is -0.142. The first kappa shape index (κ1) is 36.0. The van der Waals surface area contributed by atoms with E-state index in [2.05, 4.69) is 25.5 Å². The van der Waals surface area contributed by atoms with Crippen molar-refractivity contribution >= 4 is 51.2 Å². The van der Waals surface area contributed by atoms with Crippen molar-refractivity contribution in [3.8, 4) is 0 Å². The van der Waals surface area contributed by atoms with Crippen LogP contribution >= 0.6 is 11.6 Å². The van der Waals surface area contributed by atoms with Gasteiger partial charge in [0.05, 0.1) is 39.0 Å². The lowest BCUT2D eigenvalue weighted by Gasteiger charge is -2.41. The molecular weight excluding hydrogens is 701 g/mol. The first-order valence-corrected chi connectivity index (χ1v) is 18.1. The molecule has 3 N–H and O–H groups in total. The number of carbonyl (C=O) groups is 2. The molecule has 3 aliphatic rings. The van der Waals surface area contributed by atoms with Gasteiger partial charge in [0.15, 0.2) is 6.10 Å². The zero-order chi connectivity index (χ0) is 36.6. The molecule has 3 fully saturated rings. The van der Waals surface area contributed by atoms with E-state index >= 15 is 0 Å². The Morgan fingerprint density at radius 3 is 2.37 bits per heavy atom. The number of carbonyl (C=O) groups excluding carboxylic acids is 2. The summed E-state index contributed by atoms with van der Waals surface area (Å²) in [6.07, 6.45) is -3.02. The molecular formula is C36H42ClF3N8O4. The second kappa shape index (κ2) is 15.0. The van der Waals surface area contributed by atoms with E-state index in [-0.39, 0.29) is 47.5 Å². The fraction of sp³-hybridized carbons (Fsp3) is 0.500. The highest BCUT2D eigenvalue weighted by atomic mass is 35.5. The van der Waals surface area contributed by atoms with E-state index in [0.717, 1.165) is 56.0 Å². The summed E-state index contributed by atoms with van der Waals surface area (Å²) < 4.78 is 49.7. The van der Waals surface area contributed by atoms with Gasteiger partial charge in [0.2, 0.25) is 0 Å². The molecule has 1 atom stereocenters. The Kier molecular flexibility index (Phi) is 10.4. The molecule has 7 rings (SSSR count). The zero-order valence-electron chi connectivity index (χ0n) is 28.8. The fourth-order valence-corrected chi connectivity index (χ4v) is 8.28. The molecule has 0 aliphatic carbocycles. The SMILES string of the molecule is CNc1c(Cl)cc(C[C@@H](OC(=O)N2CCC(n3c(=O)[nH]c4c5ccccc5ncc43)CC2)C(=O)N2CCC(N3CCNCC3)CC2)cc1C(F)(F)F. The highest BCUT2D eigenvalue weighted by Gasteiger charge is 2.38. The number of halogens is 4. The molecule has 0 saturated carbocycles. The normalized spacial score (nSPS) is 18.9. The van der Waals surface area contributed by atoms with Gasteiger partial charge >= 0.3 is 18.0 Å². The highest BCUT2D eigenvalue weighted by Crippen LogP contribution is 2.40. The Labute approximate surface area is 303 Å². The van der Waals surface area contributed by atoms with E-state index in [1.54, 1.807) is 15.7 Å². The number of piperidine rings is 2. The first-order valence-electron chi connectivity index (χ1n) is 17.8. The fourth-order valence-electron chi connectivity index (χ4n) is 7.94. The number of aromatic amines is 1. The van der Waals surface area contributed by atoms with Crippen LogP contribution in [0.4, 0.5) is 23.7 Å². The van der Waals surface area contributed by atoms with Gasteiger partial charge in [-0.3, -0.25) is 19.2 Å². The number of para-hydroxylation sites is 1. The molecule has 2 amide bonds. The summed E-state index contributed by atoms with van der Waals surface area (Å²) in [5.74, 6) is -0.450. The number of amides is 2. The van der Waals surface area contributed by atoms with Crippen molar-refractivity contribution < 1.29 is 27.5 Å². The van der Waals surface area contributed by atoms with Gasteiger partial charge in [-0.05, 0) is 49.4 Å². The van der Waals surface area contributed by atoms with Crippen LogP contribution in [0.3, 0.4) is 0 Å². The Morgan fingerprint density at radius 2 is 1.67 bits per heavy atom. The molecule has 4 aromatic rings. The minimum absolute atomic E-state index is 0.122. The summed E-state index contributed by atoms with van der Waals surface area (Å²) in [5.41, 5.74) is 0.769. The van der Waals surface area contributed by atoms with Crippen molar-refractivity contribution in [1.29, 1.82) is 0 Å². The average Bonchev–Trinajstić information content (AvgIpc) is 3.50. The van der Waals surface area contributed by atoms with Crippen LogP contribution in [0.1, 0.15) is 42.9 Å². The molecule has 5 heterocycles. The average molecular weight is 743 g/mol. The standard InChI is InChI=1S/C36H42ClF3N8O4/c1-41-32-26(36(38,39)40)18-22(19-27(32)37)20-30(33(49)46-12-6-23(7-13-46)45-16-10-42-11-17-45)52-35(51)47-14-8-24(9-15-47)48-29-21-43-28-5-3-2-4-25(28)31(29)44-34(48)50/h2-5,18-19,21,23-24,30,41-42H,6-17,20H2,1H3,(H,44,50)/t30-/m1/s1. The molecule has 0 radical (unpaired) electrons. The summed E-state index contributed by atoms with van der Waals surface area (Å²) in [6, 6.07) is 9.99. The third-order valence-electron chi connectivity index (χ3n) is 10.6. The van der Waals surface area contributed by atoms with Crippen LogP contribution in [0.15, 0.2) is 47.4 Å². The van der Waals surface area contributed by atoms with Crippen LogP contribution in [0.5, 0.6) is 0 Å². The second-order valence-corrected chi connectivity index (χ2v) is 14.1. The summed E-state index contributed by atoms with van der Waals surface area (Å²) >= 11 is 6.29. The van der Waals surface area contributed by atoms with Crippen LogP contribution in [0.25, 0.3) is 21.9 Å². The summed E-state index contributed by atoms with van der Waals surface area (Å²) in [4.78, 5) is 53.9. The van der Waals surface area contributed by atoms with Gasteiger partial charge in [-0.15, -0.1) is 0 Å². The number of imidazole rings is 1. The molecule has 0 unspecified atom stereocenters. The number of rotatable bonds is 7. The van der Waals surface area contributed by atoms with Crippen LogP contribution in [0.2, 0.25) is 5.02 Å². The Balaban J connectivity index is 1.07. The van der Waals surface area contributed by atoms with Crippen molar-refractivity contribution in [3.63, 3.8) is 0 Å². The minimum Gasteiger partial charge on any atom is -0.436 e. The number of nitrogens with zero attached hydrogens (tertiary/aromatic N) is 5. The predicted molar refractivity (Wildman–Crippen MR) is 192 cm³/mol. The molecule has 3 saturated heterocycles. The third kappa shape index (κ3) is 7.30. The number of pyridine rings is 1. The molecule has 0 spiro atoms. The van der Waals surface area contributed by atoms with Crippen molar-refractivity contribution in [2.45, 2.75) is 56.5 Å². The molecule has 12 nitrogen and oxygen atoms in total. The van der Waals surface area contributed by atoms with Gasteiger partial charge in [0, 0.05) is 83.3 Å². The van der Waals surface area contributed by atoms with Crippen LogP contribution in [-0.2, 0) is 22.1 Å². The van der Waals surface area contributed by atoms with E-state index in [1.807, 2.05) is 24.3 Å². The zero-order valence-corrected chi connectivity index (χ0v) is 29.6. The Bertz CT molecular complexity index is 2000. The maximum Gasteiger partial charge on any atom is 0.418 e. The second-order valence-electron chi connectivity index (χ2n) is 13.7. The van der Waals surface area contributed by atoms with E-state index in [0.29, 0.717) is 43.0 Å². The maximum absolute atomic E-state index is 14.0. The molecule has 278 valence electrons. The van der Waals surface area contributed by atoms with Gasteiger partial charge in [0.1, 0.15) is 0 Å². The number of ether oxygens (including phenoxy) is 1. The number of aromatic nitrogens is 3. The molecule has 2 aromatic heterocycles. The van der Waals surface area contributed by atoms with Crippen LogP contribution in [0, 0.1) is 0 Å². The molecule has 16 heteroatoms. The predicted octanol–water partition coefficient (Wildman–Crippen LogP) is 4.87. The minimum atomic E-state index is -4.71. The van der Waals surface area contributed by atoms with Crippen molar-refractivity contribution in [1.82, 2.24) is 34.6 Å². The quantitative estimate of drug-likeness (QED) is 0.245. The third-order valence-corrected chi connectivity index (χ3v) is 10.9. The van der Waals surface area contributed by atoms with Crippen molar-refractivity contribution in [2.24, 2.45) is 0 Å². The highest BCUT2D eigenvalue weighted by molar-refractivity contribution is 6.33. The van der Waals surface area contributed by atoms with E-state index in [9.17, 15) is 27.6 Å². The number of piperazine rings is 1. The van der Waals surface area contributed by atoms with Crippen LogP contribution in [-0.4, -0.2) is 113 Å². The van der Waals surface area contributed by atoms with E-state index in [1.165, 1.54) is 18.0 Å². The summed E-state index contributed by atoms with van der Waals surface area (Å²) in [5, 5.41) is 6.55. The van der Waals surface area contributed by atoms with E-state index < -0.39 is 29.8 Å². The number of likely N-dealkylation sites (tertiary alicyclic amines) is 2. The maximum atomic E-state index is 14.0. The lowest BCUT2D eigenvalue weighted by atomic mass is 9.99. The largest absolute Gasteiger partial charge is 0.436 e. The molecule has 52 heavy (non-hydrogen) atoms. The van der Waals surface area contributed by atoms with Gasteiger partial charge in [0.25, 0.3) is 5.91 Å². The Hall–Kier alpha value is -4.34. The molecule has 0 bridgehead atoms. The van der Waals surface area contributed by atoms with E-state index in [4.69, 9.17) is 16.3 Å². The molecule has 3 aliphatic heterocycles. The number of fused-ring (bicyclic) bond motifs is 3. The van der Waals surface area contributed by atoms with Gasteiger partial charge in [-0.25, -0.2) is 9.59 Å². The van der Waals surface area contributed by atoms with Crippen LogP contribution < -0.4 is 16.3 Å². The van der Waals surface area contributed by atoms with Gasteiger partial charge in [-0.2, -0.15) is 13.2 Å². The summed E-state index contributed by atoms with van der Waals surface area (Å²) in [6.45, 7) is 5.09. The number of nitrogens with one attached hydrogen (secondary N) is 3.